The maximum Gasteiger partial charge on any atom is 0.0639 e. The van der Waals surface area contributed by atoms with Gasteiger partial charge in [0.25, 0.3) is 0 Å². The Morgan fingerprint density at radius 2 is 1.90 bits per heavy atom. The Bertz CT molecular complexity index is 394. The Morgan fingerprint density at radius 3 is 2.60 bits per heavy atom. The fraction of sp³-hybridized carbons (Fsp3) is 0.600. The average molecular weight is 298 g/mol. The number of piperazine rings is 1. The fourth-order valence-corrected chi connectivity index (χ4v) is 2.71. The van der Waals surface area contributed by atoms with Gasteiger partial charge in [-0.1, -0.05) is 23.7 Å². The summed E-state index contributed by atoms with van der Waals surface area (Å²) >= 11 is 6.25. The number of benzene rings is 1. The molecule has 1 aliphatic rings. The molecule has 5 heteroatoms. The van der Waals surface area contributed by atoms with Crippen molar-refractivity contribution in [1.82, 2.24) is 10.2 Å². The van der Waals surface area contributed by atoms with Gasteiger partial charge in [0.15, 0.2) is 0 Å². The lowest BCUT2D eigenvalue weighted by Gasteiger charge is -2.36. The maximum atomic E-state index is 6.25. The van der Waals surface area contributed by atoms with Crippen LogP contribution in [0.2, 0.25) is 5.02 Å². The van der Waals surface area contributed by atoms with Crippen molar-refractivity contribution in [3.63, 3.8) is 0 Å². The first-order chi connectivity index (χ1) is 9.81. The first kappa shape index (κ1) is 15.6. The van der Waals surface area contributed by atoms with Gasteiger partial charge >= 0.3 is 0 Å². The van der Waals surface area contributed by atoms with Gasteiger partial charge < -0.3 is 15.0 Å². The standard InChI is InChI=1S/C15H24ClN3O/c1-20-13-7-17-6-8-18-9-11-19(12-10-18)15-5-3-2-4-14(15)16/h2-5,17H,6-13H2,1H3. The smallest absolute Gasteiger partial charge is 0.0639 e. The molecule has 0 amide bonds. The van der Waals surface area contributed by atoms with E-state index < -0.39 is 0 Å². The van der Waals surface area contributed by atoms with Crippen LogP contribution in [0.25, 0.3) is 0 Å². The largest absolute Gasteiger partial charge is 0.383 e. The number of nitrogens with one attached hydrogen (secondary N) is 1. The number of methoxy groups -OCH3 is 1. The molecule has 112 valence electrons. The number of ether oxygens (including phenoxy) is 1. The second kappa shape index (κ2) is 8.47. The molecule has 0 unspecified atom stereocenters. The lowest BCUT2D eigenvalue weighted by atomic mass is 10.2. The van der Waals surface area contributed by atoms with Crippen molar-refractivity contribution >= 4 is 17.3 Å². The van der Waals surface area contributed by atoms with Crippen molar-refractivity contribution in [3.8, 4) is 0 Å². The lowest BCUT2D eigenvalue weighted by molar-refractivity contribution is 0.195. The molecule has 1 heterocycles. The molecule has 20 heavy (non-hydrogen) atoms. The van der Waals surface area contributed by atoms with Gasteiger partial charge in [-0.05, 0) is 12.1 Å². The molecule has 1 aromatic rings. The molecule has 0 bridgehead atoms. The highest BCUT2D eigenvalue weighted by Gasteiger charge is 2.17. The van der Waals surface area contributed by atoms with Crippen LogP contribution < -0.4 is 10.2 Å². The van der Waals surface area contributed by atoms with Gasteiger partial charge in [-0.2, -0.15) is 0 Å². The normalized spacial score (nSPS) is 16.6. The zero-order valence-corrected chi connectivity index (χ0v) is 12.9. The quantitative estimate of drug-likeness (QED) is 0.775. The topological polar surface area (TPSA) is 27.7 Å². The zero-order valence-electron chi connectivity index (χ0n) is 12.1. The number of halogens is 1. The second-order valence-corrected chi connectivity index (χ2v) is 5.43. The summed E-state index contributed by atoms with van der Waals surface area (Å²) in [6.45, 7) is 8.10. The Balaban J connectivity index is 1.69. The number of nitrogens with zero attached hydrogens (tertiary/aromatic N) is 2. The average Bonchev–Trinajstić information content (AvgIpc) is 2.48. The minimum absolute atomic E-state index is 0.778. The molecule has 0 aromatic heterocycles. The van der Waals surface area contributed by atoms with E-state index in [-0.39, 0.29) is 0 Å². The van der Waals surface area contributed by atoms with Crippen LogP contribution >= 0.6 is 11.6 Å². The Hall–Kier alpha value is -0.810. The van der Waals surface area contributed by atoms with Crippen LogP contribution in [0.3, 0.4) is 0 Å². The maximum absolute atomic E-state index is 6.25. The summed E-state index contributed by atoms with van der Waals surface area (Å²) in [5, 5.41) is 4.23. The summed E-state index contributed by atoms with van der Waals surface area (Å²) in [6, 6.07) is 8.09. The first-order valence-corrected chi connectivity index (χ1v) is 7.60. The molecular weight excluding hydrogens is 274 g/mol. The van der Waals surface area contributed by atoms with Crippen LogP contribution in [0.4, 0.5) is 5.69 Å². The minimum atomic E-state index is 0.778. The summed E-state index contributed by atoms with van der Waals surface area (Å²) in [6.07, 6.45) is 0. The summed E-state index contributed by atoms with van der Waals surface area (Å²) in [5.41, 5.74) is 1.16. The lowest BCUT2D eigenvalue weighted by Crippen LogP contribution is -2.48. The van der Waals surface area contributed by atoms with Crippen molar-refractivity contribution < 1.29 is 4.74 Å². The van der Waals surface area contributed by atoms with Gasteiger partial charge in [0, 0.05) is 52.9 Å². The van der Waals surface area contributed by atoms with Crippen molar-refractivity contribution in [2.45, 2.75) is 0 Å². The summed E-state index contributed by atoms with van der Waals surface area (Å²) in [7, 11) is 1.73. The zero-order chi connectivity index (χ0) is 14.2. The van der Waals surface area contributed by atoms with E-state index in [0.29, 0.717) is 0 Å². The molecule has 0 atom stereocenters. The van der Waals surface area contributed by atoms with Crippen LogP contribution in [-0.4, -0.2) is 64.4 Å². The molecule has 1 N–H and O–H groups in total. The van der Waals surface area contributed by atoms with Crippen LogP contribution in [0.5, 0.6) is 0 Å². The van der Waals surface area contributed by atoms with E-state index in [1.807, 2.05) is 18.2 Å². The van der Waals surface area contributed by atoms with Crippen molar-refractivity contribution in [1.29, 1.82) is 0 Å². The molecule has 0 aliphatic carbocycles. The van der Waals surface area contributed by atoms with Gasteiger partial charge in [-0.3, -0.25) is 4.90 Å². The van der Waals surface area contributed by atoms with Crippen molar-refractivity contribution in [2.75, 3.05) is 64.4 Å². The van der Waals surface area contributed by atoms with Crippen LogP contribution in [0, 0.1) is 0 Å². The summed E-state index contributed by atoms with van der Waals surface area (Å²) < 4.78 is 5.01. The highest BCUT2D eigenvalue weighted by molar-refractivity contribution is 6.33. The monoisotopic (exact) mass is 297 g/mol. The molecule has 0 spiro atoms. The molecule has 1 aliphatic heterocycles. The molecule has 2 rings (SSSR count). The predicted octanol–water partition coefficient (Wildman–Crippen LogP) is 1.70. The third-order valence-electron chi connectivity index (χ3n) is 3.65. The third-order valence-corrected chi connectivity index (χ3v) is 3.97. The Kier molecular flexibility index (Phi) is 6.60. The highest BCUT2D eigenvalue weighted by atomic mass is 35.5. The molecule has 0 saturated carbocycles. The van der Waals surface area contributed by atoms with E-state index in [1.54, 1.807) is 7.11 Å². The Morgan fingerprint density at radius 1 is 1.15 bits per heavy atom. The number of rotatable bonds is 7. The second-order valence-electron chi connectivity index (χ2n) is 5.02. The fourth-order valence-electron chi connectivity index (χ4n) is 2.46. The van der Waals surface area contributed by atoms with Crippen molar-refractivity contribution in [2.24, 2.45) is 0 Å². The first-order valence-electron chi connectivity index (χ1n) is 7.23. The molecule has 1 fully saturated rings. The van der Waals surface area contributed by atoms with Gasteiger partial charge in [0.05, 0.1) is 17.3 Å². The SMILES string of the molecule is COCCNCCN1CCN(c2ccccc2Cl)CC1. The number of hydrogen-bond donors (Lipinski definition) is 1. The molecule has 1 aromatic carbocycles. The van der Waals surface area contributed by atoms with Crippen LogP contribution in [-0.2, 0) is 4.74 Å². The summed E-state index contributed by atoms with van der Waals surface area (Å²) in [5.74, 6) is 0. The van der Waals surface area contributed by atoms with E-state index in [9.17, 15) is 0 Å². The molecule has 0 radical (unpaired) electrons. The minimum Gasteiger partial charge on any atom is -0.383 e. The molecular formula is C15H24ClN3O. The van der Waals surface area contributed by atoms with Gasteiger partial charge in [0.2, 0.25) is 0 Å². The van der Waals surface area contributed by atoms with E-state index >= 15 is 0 Å². The van der Waals surface area contributed by atoms with Gasteiger partial charge in [-0.25, -0.2) is 0 Å². The number of para-hydroxylation sites is 1. The van der Waals surface area contributed by atoms with E-state index in [0.717, 1.165) is 63.1 Å². The number of anilines is 1. The van der Waals surface area contributed by atoms with Crippen LogP contribution in [0.1, 0.15) is 0 Å². The Labute approximate surface area is 126 Å². The van der Waals surface area contributed by atoms with E-state index in [4.69, 9.17) is 16.3 Å². The van der Waals surface area contributed by atoms with E-state index in [2.05, 4.69) is 21.2 Å². The number of hydrogen-bond acceptors (Lipinski definition) is 4. The third kappa shape index (κ3) is 4.63. The molecule has 4 nitrogen and oxygen atoms in total. The van der Waals surface area contributed by atoms with Gasteiger partial charge in [0.1, 0.15) is 0 Å². The van der Waals surface area contributed by atoms with Crippen LogP contribution in [0.15, 0.2) is 24.3 Å². The highest BCUT2D eigenvalue weighted by Crippen LogP contribution is 2.25. The van der Waals surface area contributed by atoms with E-state index in [1.165, 1.54) is 0 Å². The predicted molar refractivity (Wildman–Crippen MR) is 84.9 cm³/mol. The van der Waals surface area contributed by atoms with Crippen molar-refractivity contribution in [3.05, 3.63) is 29.3 Å². The molecule has 1 saturated heterocycles. The summed E-state index contributed by atoms with van der Waals surface area (Å²) in [4.78, 5) is 4.87. The van der Waals surface area contributed by atoms with Gasteiger partial charge in [-0.15, -0.1) is 0 Å².